The number of aliphatic hydroxyl groups is 1. The van der Waals surface area contributed by atoms with Crippen molar-refractivity contribution in [3.05, 3.63) is 77.7 Å². The Balaban J connectivity index is 1.77. The van der Waals surface area contributed by atoms with Crippen LogP contribution in [0.25, 0.3) is 0 Å². The van der Waals surface area contributed by atoms with E-state index in [9.17, 15) is 5.11 Å². The van der Waals surface area contributed by atoms with Gasteiger partial charge in [-0.3, -0.25) is 4.98 Å². The van der Waals surface area contributed by atoms with E-state index in [1.807, 2.05) is 48.5 Å². The summed E-state index contributed by atoms with van der Waals surface area (Å²) in [5.74, 6) is 0.704. The number of nitrogens with zero attached hydrogens (tertiary/aromatic N) is 3. The first-order chi connectivity index (χ1) is 9.83. The smallest absolute Gasteiger partial charge is 0.260 e. The lowest BCUT2D eigenvalue weighted by Gasteiger charge is -2.04. The second-order valence-electron chi connectivity index (χ2n) is 4.36. The van der Waals surface area contributed by atoms with Crippen molar-refractivity contribution in [3.63, 3.8) is 0 Å². The summed E-state index contributed by atoms with van der Waals surface area (Å²) >= 11 is 0. The minimum absolute atomic E-state index is 0.196. The number of hydrogen-bond donors (Lipinski definition) is 1. The van der Waals surface area contributed by atoms with Crippen LogP contribution in [0.4, 0.5) is 0 Å². The van der Waals surface area contributed by atoms with Crippen LogP contribution in [0.1, 0.15) is 29.1 Å². The Labute approximate surface area is 115 Å². The third-order valence-electron chi connectivity index (χ3n) is 2.90. The summed E-state index contributed by atoms with van der Waals surface area (Å²) in [6, 6.07) is 14.9. The molecule has 0 aliphatic heterocycles. The van der Waals surface area contributed by atoms with E-state index in [-0.39, 0.29) is 5.89 Å². The van der Waals surface area contributed by atoms with E-state index in [0.717, 1.165) is 11.3 Å². The lowest BCUT2D eigenvalue weighted by Crippen LogP contribution is -2.00. The van der Waals surface area contributed by atoms with E-state index >= 15 is 0 Å². The van der Waals surface area contributed by atoms with E-state index in [4.69, 9.17) is 4.52 Å². The molecule has 100 valence electrons. The molecule has 3 aromatic rings. The molecule has 1 N–H and O–H groups in total. The molecular weight excluding hydrogens is 254 g/mol. The molecule has 0 amide bonds. The maximum absolute atomic E-state index is 10.2. The monoisotopic (exact) mass is 267 g/mol. The average Bonchev–Trinajstić information content (AvgIpc) is 2.97. The van der Waals surface area contributed by atoms with Gasteiger partial charge in [0, 0.05) is 11.9 Å². The largest absolute Gasteiger partial charge is 0.378 e. The first-order valence-electron chi connectivity index (χ1n) is 6.28. The van der Waals surface area contributed by atoms with Crippen LogP contribution < -0.4 is 0 Å². The first kappa shape index (κ1) is 12.5. The van der Waals surface area contributed by atoms with Crippen LogP contribution in [0.5, 0.6) is 0 Å². The molecule has 0 bridgehead atoms. The Kier molecular flexibility index (Phi) is 3.52. The summed E-state index contributed by atoms with van der Waals surface area (Å²) in [5.41, 5.74) is 1.58. The fourth-order valence-corrected chi connectivity index (χ4v) is 1.89. The molecule has 5 heteroatoms. The van der Waals surface area contributed by atoms with Gasteiger partial charge in [-0.2, -0.15) is 4.98 Å². The van der Waals surface area contributed by atoms with Crippen molar-refractivity contribution in [1.82, 2.24) is 15.1 Å². The number of aliphatic hydroxyl groups excluding tert-OH is 1. The highest BCUT2D eigenvalue weighted by atomic mass is 16.5. The van der Waals surface area contributed by atoms with Gasteiger partial charge in [-0.15, -0.1) is 0 Å². The summed E-state index contributed by atoms with van der Waals surface area (Å²) in [6.45, 7) is 0. The number of aromatic nitrogens is 3. The number of pyridine rings is 1. The molecule has 1 atom stereocenters. The lowest BCUT2D eigenvalue weighted by atomic mass is 10.1. The zero-order valence-electron chi connectivity index (χ0n) is 10.7. The average molecular weight is 267 g/mol. The van der Waals surface area contributed by atoms with Crippen molar-refractivity contribution in [2.45, 2.75) is 12.5 Å². The normalized spacial score (nSPS) is 12.2. The van der Waals surface area contributed by atoms with Crippen LogP contribution in [0.15, 0.2) is 59.3 Å². The van der Waals surface area contributed by atoms with Gasteiger partial charge < -0.3 is 9.63 Å². The minimum Gasteiger partial charge on any atom is -0.378 e. The van der Waals surface area contributed by atoms with Gasteiger partial charge in [0.1, 0.15) is 0 Å². The van der Waals surface area contributed by atoms with Gasteiger partial charge in [-0.25, -0.2) is 0 Å². The van der Waals surface area contributed by atoms with Crippen molar-refractivity contribution < 1.29 is 9.63 Å². The summed E-state index contributed by atoms with van der Waals surface area (Å²) in [7, 11) is 0. The summed E-state index contributed by atoms with van der Waals surface area (Å²) < 4.78 is 5.11. The van der Waals surface area contributed by atoms with Crippen molar-refractivity contribution >= 4 is 0 Å². The van der Waals surface area contributed by atoms with Crippen LogP contribution in [0.2, 0.25) is 0 Å². The standard InChI is InChI=1S/C15H13N3O2/c19-14(11-6-2-1-3-7-11)15-17-13(18-20-15)10-12-8-4-5-9-16-12/h1-9,14,19H,10H2. The van der Waals surface area contributed by atoms with Crippen LogP contribution in [0.3, 0.4) is 0 Å². The van der Waals surface area contributed by atoms with Gasteiger partial charge in [0.2, 0.25) is 0 Å². The molecule has 20 heavy (non-hydrogen) atoms. The summed E-state index contributed by atoms with van der Waals surface area (Å²) in [5, 5.41) is 14.0. The molecule has 0 saturated carbocycles. The van der Waals surface area contributed by atoms with Gasteiger partial charge in [0.15, 0.2) is 11.9 Å². The molecule has 0 saturated heterocycles. The molecule has 1 unspecified atom stereocenters. The van der Waals surface area contributed by atoms with Crippen molar-refractivity contribution in [2.75, 3.05) is 0 Å². The fraction of sp³-hybridized carbons (Fsp3) is 0.133. The summed E-state index contributed by atoms with van der Waals surface area (Å²) in [6.07, 6.45) is 1.29. The summed E-state index contributed by atoms with van der Waals surface area (Å²) in [4.78, 5) is 8.42. The lowest BCUT2D eigenvalue weighted by molar-refractivity contribution is 0.170. The Bertz CT molecular complexity index is 668. The van der Waals surface area contributed by atoms with Gasteiger partial charge in [-0.1, -0.05) is 41.6 Å². The van der Waals surface area contributed by atoms with E-state index in [2.05, 4.69) is 15.1 Å². The number of benzene rings is 1. The van der Waals surface area contributed by atoms with Crippen LogP contribution in [0, 0.1) is 0 Å². The van der Waals surface area contributed by atoms with E-state index < -0.39 is 6.10 Å². The van der Waals surface area contributed by atoms with Crippen molar-refractivity contribution in [1.29, 1.82) is 0 Å². The quantitative estimate of drug-likeness (QED) is 0.784. The van der Waals surface area contributed by atoms with Crippen LogP contribution >= 0.6 is 0 Å². The highest BCUT2D eigenvalue weighted by Crippen LogP contribution is 2.20. The van der Waals surface area contributed by atoms with Gasteiger partial charge in [-0.05, 0) is 17.7 Å². The third kappa shape index (κ3) is 2.73. The maximum atomic E-state index is 10.2. The highest BCUT2D eigenvalue weighted by Gasteiger charge is 2.18. The molecule has 1 aromatic carbocycles. The number of hydrogen-bond acceptors (Lipinski definition) is 5. The molecule has 0 radical (unpaired) electrons. The van der Waals surface area contributed by atoms with E-state index in [1.54, 1.807) is 6.20 Å². The van der Waals surface area contributed by atoms with E-state index in [1.165, 1.54) is 0 Å². The van der Waals surface area contributed by atoms with Gasteiger partial charge in [0.05, 0.1) is 6.42 Å². The fourth-order valence-electron chi connectivity index (χ4n) is 1.89. The number of rotatable bonds is 4. The molecule has 2 heterocycles. The zero-order valence-corrected chi connectivity index (χ0v) is 10.7. The minimum atomic E-state index is -0.902. The molecule has 2 aromatic heterocycles. The predicted octanol–water partition coefficient (Wildman–Crippen LogP) is 2.14. The topological polar surface area (TPSA) is 72.0 Å². The maximum Gasteiger partial charge on any atom is 0.260 e. The van der Waals surface area contributed by atoms with Gasteiger partial charge in [0.25, 0.3) is 5.89 Å². The second kappa shape index (κ2) is 5.63. The molecule has 3 rings (SSSR count). The molecular formula is C15H13N3O2. The second-order valence-corrected chi connectivity index (χ2v) is 4.36. The van der Waals surface area contributed by atoms with Gasteiger partial charge >= 0.3 is 0 Å². The molecule has 0 fully saturated rings. The Morgan fingerprint density at radius 3 is 2.60 bits per heavy atom. The van der Waals surface area contributed by atoms with Crippen LogP contribution in [-0.4, -0.2) is 20.2 Å². The van der Waals surface area contributed by atoms with Crippen LogP contribution in [-0.2, 0) is 6.42 Å². The van der Waals surface area contributed by atoms with Crippen molar-refractivity contribution in [2.24, 2.45) is 0 Å². The Morgan fingerprint density at radius 2 is 1.85 bits per heavy atom. The molecule has 0 aliphatic carbocycles. The molecule has 0 spiro atoms. The molecule has 5 nitrogen and oxygen atoms in total. The van der Waals surface area contributed by atoms with E-state index in [0.29, 0.717) is 12.2 Å². The first-order valence-corrected chi connectivity index (χ1v) is 6.28. The molecule has 0 aliphatic rings. The predicted molar refractivity (Wildman–Crippen MR) is 71.8 cm³/mol. The highest BCUT2D eigenvalue weighted by molar-refractivity contribution is 5.21. The third-order valence-corrected chi connectivity index (χ3v) is 2.90. The Morgan fingerprint density at radius 1 is 1.05 bits per heavy atom. The Hall–Kier alpha value is -2.53. The van der Waals surface area contributed by atoms with Crippen molar-refractivity contribution in [3.8, 4) is 0 Å². The zero-order chi connectivity index (χ0) is 13.8. The SMILES string of the molecule is OC(c1ccccc1)c1nc(Cc2ccccn2)no1.